The molecule has 0 aliphatic carbocycles. The Morgan fingerprint density at radius 1 is 1.29 bits per heavy atom. The monoisotopic (exact) mass is 371 g/mol. The molecule has 0 bridgehead atoms. The van der Waals surface area contributed by atoms with Gasteiger partial charge >= 0.3 is 5.97 Å². The Labute approximate surface area is 132 Å². The van der Waals surface area contributed by atoms with Crippen molar-refractivity contribution in [2.45, 2.75) is 0 Å². The molecule has 2 rings (SSSR count). The summed E-state index contributed by atoms with van der Waals surface area (Å²) in [4.78, 5) is 20.9. The lowest BCUT2D eigenvalue weighted by Gasteiger charge is -2.08. The molecule has 0 spiro atoms. The molecule has 1 N–H and O–H groups in total. The molecule has 0 amide bonds. The SMILES string of the molecule is O=C(O)c1ccc(Oc2ccc([N+](=O)[O-])cc2Cl)cc1Br. The predicted molar refractivity (Wildman–Crippen MR) is 79.3 cm³/mol. The fourth-order valence-electron chi connectivity index (χ4n) is 1.55. The van der Waals surface area contributed by atoms with Gasteiger partial charge in [-0.05, 0) is 40.2 Å². The molecule has 0 aliphatic heterocycles. The van der Waals surface area contributed by atoms with Crippen LogP contribution in [0.5, 0.6) is 11.5 Å². The fourth-order valence-corrected chi connectivity index (χ4v) is 2.29. The average Bonchev–Trinajstić information content (AvgIpc) is 2.40. The van der Waals surface area contributed by atoms with Crippen molar-refractivity contribution in [1.82, 2.24) is 0 Å². The molecule has 6 nitrogen and oxygen atoms in total. The van der Waals surface area contributed by atoms with Gasteiger partial charge in [0, 0.05) is 16.6 Å². The summed E-state index contributed by atoms with van der Waals surface area (Å²) < 4.78 is 5.83. The molecule has 0 radical (unpaired) electrons. The van der Waals surface area contributed by atoms with Crippen molar-refractivity contribution in [3.8, 4) is 11.5 Å². The molecule has 0 unspecified atom stereocenters. The summed E-state index contributed by atoms with van der Waals surface area (Å²) in [6.07, 6.45) is 0. The van der Waals surface area contributed by atoms with Crippen molar-refractivity contribution in [2.24, 2.45) is 0 Å². The number of carboxylic acid groups (broad SMARTS) is 1. The van der Waals surface area contributed by atoms with Gasteiger partial charge in [0.25, 0.3) is 5.69 Å². The van der Waals surface area contributed by atoms with E-state index < -0.39 is 10.9 Å². The number of halogens is 2. The van der Waals surface area contributed by atoms with E-state index in [9.17, 15) is 14.9 Å². The van der Waals surface area contributed by atoms with E-state index in [4.69, 9.17) is 21.4 Å². The van der Waals surface area contributed by atoms with Gasteiger partial charge in [0.1, 0.15) is 11.5 Å². The Morgan fingerprint density at radius 3 is 2.52 bits per heavy atom. The van der Waals surface area contributed by atoms with Gasteiger partial charge in [-0.3, -0.25) is 10.1 Å². The van der Waals surface area contributed by atoms with Crippen molar-refractivity contribution >= 4 is 39.2 Å². The molecule has 0 atom stereocenters. The third-order valence-electron chi connectivity index (χ3n) is 2.53. The minimum atomic E-state index is -1.07. The number of nitrogens with zero attached hydrogens (tertiary/aromatic N) is 1. The zero-order valence-corrected chi connectivity index (χ0v) is 12.6. The Balaban J connectivity index is 2.28. The van der Waals surface area contributed by atoms with Crippen LogP contribution in [-0.4, -0.2) is 16.0 Å². The topological polar surface area (TPSA) is 89.7 Å². The highest BCUT2D eigenvalue weighted by Gasteiger charge is 2.13. The van der Waals surface area contributed by atoms with E-state index in [1.807, 2.05) is 0 Å². The van der Waals surface area contributed by atoms with Gasteiger partial charge in [0.05, 0.1) is 15.5 Å². The van der Waals surface area contributed by atoms with Crippen LogP contribution in [0, 0.1) is 10.1 Å². The lowest BCUT2D eigenvalue weighted by molar-refractivity contribution is -0.384. The first-order chi connectivity index (χ1) is 9.88. The van der Waals surface area contributed by atoms with Crippen LogP contribution in [0.3, 0.4) is 0 Å². The van der Waals surface area contributed by atoms with Crippen molar-refractivity contribution in [3.05, 3.63) is 61.6 Å². The quantitative estimate of drug-likeness (QED) is 0.630. The molecule has 0 aliphatic rings. The van der Waals surface area contributed by atoms with Crippen molar-refractivity contribution < 1.29 is 19.6 Å². The van der Waals surface area contributed by atoms with E-state index in [-0.39, 0.29) is 22.0 Å². The first-order valence-electron chi connectivity index (χ1n) is 5.53. The standard InChI is InChI=1S/C13H7BrClNO5/c14-10-6-8(2-3-9(10)13(17)18)21-12-4-1-7(16(19)20)5-11(12)15/h1-6H,(H,17,18). The van der Waals surface area contributed by atoms with Gasteiger partial charge in [-0.1, -0.05) is 11.6 Å². The van der Waals surface area contributed by atoms with Crippen LogP contribution in [0.25, 0.3) is 0 Å². The molecule has 2 aromatic rings. The number of ether oxygens (including phenoxy) is 1. The largest absolute Gasteiger partial charge is 0.478 e. The number of nitro groups is 1. The zero-order valence-electron chi connectivity index (χ0n) is 10.2. The minimum absolute atomic E-state index is 0.0858. The van der Waals surface area contributed by atoms with E-state index in [2.05, 4.69) is 15.9 Å². The highest BCUT2D eigenvalue weighted by atomic mass is 79.9. The molecule has 108 valence electrons. The van der Waals surface area contributed by atoms with Crippen LogP contribution in [0.2, 0.25) is 5.02 Å². The summed E-state index contributed by atoms with van der Waals surface area (Å²) in [6.45, 7) is 0. The molecule has 2 aromatic carbocycles. The summed E-state index contributed by atoms with van der Waals surface area (Å²) >= 11 is 9.04. The molecule has 0 saturated heterocycles. The average molecular weight is 373 g/mol. The van der Waals surface area contributed by atoms with Gasteiger partial charge in [-0.2, -0.15) is 0 Å². The first kappa shape index (κ1) is 15.3. The highest BCUT2D eigenvalue weighted by molar-refractivity contribution is 9.10. The van der Waals surface area contributed by atoms with E-state index in [1.54, 1.807) is 0 Å². The van der Waals surface area contributed by atoms with Crippen LogP contribution < -0.4 is 4.74 Å². The Morgan fingerprint density at radius 2 is 2.00 bits per heavy atom. The number of carbonyl (C=O) groups is 1. The molecule has 0 aromatic heterocycles. The number of nitro benzene ring substituents is 1. The molecule has 0 fully saturated rings. The molecule has 21 heavy (non-hydrogen) atoms. The second-order valence-corrected chi connectivity index (χ2v) is 5.18. The van der Waals surface area contributed by atoms with Crippen LogP contribution in [0.4, 0.5) is 5.69 Å². The molecular formula is C13H7BrClNO5. The lowest BCUT2D eigenvalue weighted by Crippen LogP contribution is -1.97. The molecular weight excluding hydrogens is 366 g/mol. The Bertz CT molecular complexity index is 734. The number of non-ortho nitro benzene ring substituents is 1. The molecule has 8 heteroatoms. The lowest BCUT2D eigenvalue weighted by atomic mass is 10.2. The van der Waals surface area contributed by atoms with Crippen molar-refractivity contribution in [1.29, 1.82) is 0 Å². The summed E-state index contributed by atoms with van der Waals surface area (Å²) in [7, 11) is 0. The normalized spacial score (nSPS) is 10.2. The maximum absolute atomic E-state index is 10.9. The van der Waals surface area contributed by atoms with Gasteiger partial charge in [-0.15, -0.1) is 0 Å². The fraction of sp³-hybridized carbons (Fsp3) is 0. The number of hydrogen-bond donors (Lipinski definition) is 1. The Hall–Kier alpha value is -2.12. The highest BCUT2D eigenvalue weighted by Crippen LogP contribution is 2.33. The van der Waals surface area contributed by atoms with Gasteiger partial charge < -0.3 is 9.84 Å². The van der Waals surface area contributed by atoms with Crippen LogP contribution in [0.1, 0.15) is 10.4 Å². The van der Waals surface area contributed by atoms with E-state index in [1.165, 1.54) is 36.4 Å². The van der Waals surface area contributed by atoms with E-state index >= 15 is 0 Å². The third-order valence-corrected chi connectivity index (χ3v) is 3.48. The number of benzene rings is 2. The second-order valence-electron chi connectivity index (χ2n) is 3.92. The molecule has 0 heterocycles. The van der Waals surface area contributed by atoms with E-state index in [0.29, 0.717) is 10.2 Å². The van der Waals surface area contributed by atoms with Crippen molar-refractivity contribution in [3.63, 3.8) is 0 Å². The number of aromatic carboxylic acids is 1. The summed E-state index contributed by atoms with van der Waals surface area (Å²) in [5.74, 6) is -0.485. The summed E-state index contributed by atoms with van der Waals surface area (Å²) in [5.41, 5.74) is -0.0492. The van der Waals surface area contributed by atoms with Gasteiger partial charge in [-0.25, -0.2) is 4.79 Å². The van der Waals surface area contributed by atoms with E-state index in [0.717, 1.165) is 0 Å². The van der Waals surface area contributed by atoms with Crippen LogP contribution in [0.15, 0.2) is 40.9 Å². The number of rotatable bonds is 4. The maximum Gasteiger partial charge on any atom is 0.336 e. The minimum Gasteiger partial charge on any atom is -0.478 e. The smallest absolute Gasteiger partial charge is 0.336 e. The second kappa shape index (κ2) is 6.11. The van der Waals surface area contributed by atoms with Gasteiger partial charge in [0.2, 0.25) is 0 Å². The summed E-state index contributed by atoms with van der Waals surface area (Å²) in [6, 6.07) is 8.13. The van der Waals surface area contributed by atoms with Gasteiger partial charge in [0.15, 0.2) is 0 Å². The summed E-state index contributed by atoms with van der Waals surface area (Å²) in [5, 5.41) is 19.6. The maximum atomic E-state index is 10.9. The van der Waals surface area contributed by atoms with Crippen molar-refractivity contribution in [2.75, 3.05) is 0 Å². The number of hydrogen-bond acceptors (Lipinski definition) is 4. The zero-order chi connectivity index (χ0) is 15.6. The molecule has 0 saturated carbocycles. The van der Waals surface area contributed by atoms with Crippen LogP contribution in [-0.2, 0) is 0 Å². The third kappa shape index (κ3) is 3.50. The Kier molecular flexibility index (Phi) is 4.44. The number of carboxylic acids is 1. The first-order valence-corrected chi connectivity index (χ1v) is 6.70. The van der Waals surface area contributed by atoms with Crippen LogP contribution >= 0.6 is 27.5 Å². The predicted octanol–water partition coefficient (Wildman–Crippen LogP) is 4.50.